The van der Waals surface area contributed by atoms with E-state index in [0.717, 1.165) is 0 Å². The van der Waals surface area contributed by atoms with Crippen LogP contribution in [0.4, 0.5) is 13.2 Å². The summed E-state index contributed by atoms with van der Waals surface area (Å²) in [6, 6.07) is 6.37. The average molecular weight is 294 g/mol. The highest BCUT2D eigenvalue weighted by molar-refractivity contribution is 7.38. The Hall–Kier alpha value is -0.740. The SMILES string of the molecule is CC(C)(C)c1cc2ccc(Cl)cc2[s+]1C(F)(F)F. The molecule has 0 spiro atoms. The van der Waals surface area contributed by atoms with Crippen LogP contribution in [0, 0.1) is 0 Å². The molecule has 2 aromatic rings. The normalized spacial score (nSPS) is 14.3. The lowest BCUT2D eigenvalue weighted by molar-refractivity contribution is -0.0869. The van der Waals surface area contributed by atoms with Gasteiger partial charge >= 0.3 is 5.51 Å². The van der Waals surface area contributed by atoms with Crippen LogP contribution in [-0.4, -0.2) is 0 Å². The molecule has 1 heterocycles. The number of hydrogen-bond acceptors (Lipinski definition) is 0. The van der Waals surface area contributed by atoms with Gasteiger partial charge in [-0.1, -0.05) is 32.4 Å². The lowest BCUT2D eigenvalue weighted by atomic mass is 9.94. The Bertz CT molecular complexity index is 591. The van der Waals surface area contributed by atoms with E-state index in [9.17, 15) is 13.2 Å². The highest BCUT2D eigenvalue weighted by atomic mass is 35.5. The summed E-state index contributed by atoms with van der Waals surface area (Å²) >= 11 is 5.81. The van der Waals surface area contributed by atoms with E-state index in [-0.39, 0.29) is 0 Å². The molecule has 0 saturated carbocycles. The molecule has 0 aliphatic rings. The van der Waals surface area contributed by atoms with E-state index in [0.29, 0.717) is 20.0 Å². The molecular weight excluding hydrogens is 281 g/mol. The maximum atomic E-state index is 13.3. The minimum atomic E-state index is -4.25. The van der Waals surface area contributed by atoms with Gasteiger partial charge in [0.05, 0.1) is 10.5 Å². The first kappa shape index (κ1) is 13.7. The van der Waals surface area contributed by atoms with Crippen LogP contribution in [0.15, 0.2) is 24.3 Å². The fourth-order valence-electron chi connectivity index (χ4n) is 1.89. The van der Waals surface area contributed by atoms with Crippen LogP contribution in [0.2, 0.25) is 5.02 Å². The number of thiophene rings is 1. The fourth-order valence-corrected chi connectivity index (χ4v) is 4.33. The second kappa shape index (κ2) is 4.14. The van der Waals surface area contributed by atoms with Crippen molar-refractivity contribution < 1.29 is 13.2 Å². The van der Waals surface area contributed by atoms with E-state index < -0.39 is 21.4 Å². The molecule has 0 N–H and O–H groups in total. The fraction of sp³-hybridized carbons (Fsp3) is 0.385. The van der Waals surface area contributed by atoms with Crippen molar-refractivity contribution in [2.45, 2.75) is 31.7 Å². The predicted octanol–water partition coefficient (Wildman–Crippen LogP) is 6.02. The van der Waals surface area contributed by atoms with Gasteiger partial charge in [0.1, 0.15) is 0 Å². The standard InChI is InChI=1S/C13H13ClF3S/c1-12(2,3)11-6-8-4-5-9(14)7-10(8)18(11)13(15,16)17/h4-7H,1-3H3/q+1. The highest BCUT2D eigenvalue weighted by Crippen LogP contribution is 2.54. The highest BCUT2D eigenvalue weighted by Gasteiger charge is 2.50. The molecule has 2 rings (SSSR count). The van der Waals surface area contributed by atoms with Gasteiger partial charge in [-0.15, -0.1) is 13.2 Å². The molecule has 0 saturated heterocycles. The third kappa shape index (κ3) is 2.36. The topological polar surface area (TPSA) is 0 Å². The van der Waals surface area contributed by atoms with Gasteiger partial charge in [0.25, 0.3) is 0 Å². The number of rotatable bonds is 0. The average Bonchev–Trinajstić information content (AvgIpc) is 2.54. The number of halogens is 4. The van der Waals surface area contributed by atoms with Crippen LogP contribution in [0.5, 0.6) is 0 Å². The zero-order valence-electron chi connectivity index (χ0n) is 10.2. The first-order chi connectivity index (χ1) is 8.10. The predicted molar refractivity (Wildman–Crippen MR) is 71.4 cm³/mol. The van der Waals surface area contributed by atoms with Crippen LogP contribution in [0.25, 0.3) is 10.1 Å². The second-order valence-corrected chi connectivity index (χ2v) is 7.58. The van der Waals surface area contributed by atoms with Gasteiger partial charge in [0.2, 0.25) is 0 Å². The van der Waals surface area contributed by atoms with Crippen LogP contribution in [0.3, 0.4) is 0 Å². The van der Waals surface area contributed by atoms with Crippen molar-refractivity contribution in [3.8, 4) is 0 Å². The van der Waals surface area contributed by atoms with Crippen molar-refractivity contribution in [1.29, 1.82) is 0 Å². The van der Waals surface area contributed by atoms with Crippen LogP contribution >= 0.6 is 22.1 Å². The lowest BCUT2D eigenvalue weighted by Crippen LogP contribution is -2.12. The van der Waals surface area contributed by atoms with Crippen LogP contribution in [-0.2, 0) is 10.9 Å². The summed E-state index contributed by atoms with van der Waals surface area (Å²) in [4.78, 5) is 0.423. The third-order valence-corrected chi connectivity index (χ3v) is 5.33. The lowest BCUT2D eigenvalue weighted by Gasteiger charge is -2.13. The molecule has 0 amide bonds. The molecule has 1 aromatic heterocycles. The van der Waals surface area contributed by atoms with E-state index >= 15 is 0 Å². The maximum Gasteiger partial charge on any atom is 0.600 e. The summed E-state index contributed by atoms with van der Waals surface area (Å²) in [5, 5.41) is 0.976. The smallest absolute Gasteiger partial charge is 0.118 e. The first-order valence-electron chi connectivity index (χ1n) is 5.43. The van der Waals surface area contributed by atoms with Crippen molar-refractivity contribution in [2.24, 2.45) is 0 Å². The van der Waals surface area contributed by atoms with E-state index in [2.05, 4.69) is 0 Å². The zero-order valence-corrected chi connectivity index (χ0v) is 11.8. The van der Waals surface area contributed by atoms with E-state index in [1.54, 1.807) is 39.0 Å². The van der Waals surface area contributed by atoms with E-state index in [4.69, 9.17) is 11.6 Å². The molecule has 0 bridgehead atoms. The minimum absolute atomic E-state index is 0.292. The Labute approximate surface area is 111 Å². The number of benzene rings is 1. The molecule has 5 heteroatoms. The first-order valence-corrected chi connectivity index (χ1v) is 7.04. The number of alkyl halides is 3. The van der Waals surface area contributed by atoms with Gasteiger partial charge in [0.15, 0.2) is 9.58 Å². The summed E-state index contributed by atoms with van der Waals surface area (Å²) in [7, 11) is -1.86. The van der Waals surface area contributed by atoms with Crippen molar-refractivity contribution in [3.05, 3.63) is 34.2 Å². The molecule has 98 valence electrons. The third-order valence-electron chi connectivity index (χ3n) is 2.67. The van der Waals surface area contributed by atoms with E-state index in [1.807, 2.05) is 0 Å². The quantitative estimate of drug-likeness (QED) is 0.521. The Balaban J connectivity index is 2.87. The Morgan fingerprint density at radius 1 is 1.06 bits per heavy atom. The second-order valence-electron chi connectivity index (χ2n) is 5.19. The Morgan fingerprint density at radius 3 is 2.17 bits per heavy atom. The largest absolute Gasteiger partial charge is 0.600 e. The number of fused-ring (bicyclic) bond motifs is 1. The molecule has 0 radical (unpaired) electrons. The van der Waals surface area contributed by atoms with Gasteiger partial charge in [-0.2, -0.15) is 0 Å². The van der Waals surface area contributed by atoms with Gasteiger partial charge in [-0.25, -0.2) is 0 Å². The van der Waals surface area contributed by atoms with Crippen molar-refractivity contribution in [1.82, 2.24) is 0 Å². The van der Waals surface area contributed by atoms with Gasteiger partial charge in [0, 0.05) is 28.0 Å². The molecule has 0 aliphatic carbocycles. The Morgan fingerprint density at radius 2 is 1.67 bits per heavy atom. The maximum absolute atomic E-state index is 13.3. The molecule has 18 heavy (non-hydrogen) atoms. The van der Waals surface area contributed by atoms with Gasteiger partial charge < -0.3 is 0 Å². The molecular formula is C13H13ClF3S+. The molecule has 1 aromatic carbocycles. The molecule has 1 unspecified atom stereocenters. The molecule has 0 nitrogen and oxygen atoms in total. The summed E-state index contributed by atoms with van der Waals surface area (Å²) in [5.74, 6) is 0. The molecule has 0 fully saturated rings. The Kier molecular flexibility index (Phi) is 3.14. The molecule has 1 atom stereocenters. The summed E-state index contributed by atoms with van der Waals surface area (Å²) in [5.41, 5.74) is -4.76. The van der Waals surface area contributed by atoms with Crippen molar-refractivity contribution >= 4 is 32.2 Å². The van der Waals surface area contributed by atoms with Gasteiger partial charge in [-0.3, -0.25) is 0 Å². The van der Waals surface area contributed by atoms with Crippen molar-refractivity contribution in [3.63, 3.8) is 0 Å². The minimum Gasteiger partial charge on any atom is -0.118 e. The summed E-state index contributed by atoms with van der Waals surface area (Å²) in [6.45, 7) is 5.41. The summed E-state index contributed by atoms with van der Waals surface area (Å²) < 4.78 is 40.1. The molecule has 0 aliphatic heterocycles. The van der Waals surface area contributed by atoms with Gasteiger partial charge in [-0.05, 0) is 12.1 Å². The zero-order chi connectivity index (χ0) is 13.7. The van der Waals surface area contributed by atoms with Crippen LogP contribution in [0.1, 0.15) is 25.6 Å². The van der Waals surface area contributed by atoms with Crippen molar-refractivity contribution in [2.75, 3.05) is 0 Å². The van der Waals surface area contributed by atoms with Crippen LogP contribution < -0.4 is 0 Å². The monoisotopic (exact) mass is 293 g/mol. The summed E-state index contributed by atoms with van der Waals surface area (Å²) in [6.07, 6.45) is 0. The number of hydrogen-bond donors (Lipinski definition) is 0. The van der Waals surface area contributed by atoms with E-state index in [1.165, 1.54) is 6.07 Å².